The highest BCUT2D eigenvalue weighted by atomic mass is 35.5. The smallest absolute Gasteiger partial charge is 0.252 e. The Hall–Kier alpha value is -1.32. The average molecular weight is 254 g/mol. The van der Waals surface area contributed by atoms with Crippen LogP contribution in [0.1, 0.15) is 17.3 Å². The van der Waals surface area contributed by atoms with Crippen molar-refractivity contribution in [3.05, 3.63) is 47.0 Å². The van der Waals surface area contributed by atoms with Crippen molar-refractivity contribution in [1.82, 2.24) is 5.32 Å². The molecule has 0 saturated heterocycles. The highest BCUT2D eigenvalue weighted by Crippen LogP contribution is 2.14. The van der Waals surface area contributed by atoms with E-state index in [0.29, 0.717) is 30.3 Å². The molecule has 0 aliphatic rings. The Labute approximate surface area is 106 Å². The summed E-state index contributed by atoms with van der Waals surface area (Å²) < 4.78 is 5.26. The van der Waals surface area contributed by atoms with Crippen LogP contribution in [0.2, 0.25) is 5.02 Å². The van der Waals surface area contributed by atoms with Crippen molar-refractivity contribution in [3.63, 3.8) is 0 Å². The molecule has 1 N–H and O–H groups in total. The van der Waals surface area contributed by atoms with Crippen molar-refractivity contribution in [2.75, 3.05) is 19.8 Å². The van der Waals surface area contributed by atoms with Crippen LogP contribution in [0.5, 0.6) is 0 Å². The van der Waals surface area contributed by atoms with Gasteiger partial charge in [0.15, 0.2) is 0 Å². The Balaban J connectivity index is 2.31. The average Bonchev–Trinajstić information content (AvgIpc) is 2.28. The van der Waals surface area contributed by atoms with Crippen LogP contribution >= 0.6 is 11.6 Å². The maximum absolute atomic E-state index is 11.7. The summed E-state index contributed by atoms with van der Waals surface area (Å²) in [5.74, 6) is -0.186. The van der Waals surface area contributed by atoms with Gasteiger partial charge in [-0.1, -0.05) is 35.9 Å². The number of hydrogen-bond acceptors (Lipinski definition) is 2. The van der Waals surface area contributed by atoms with E-state index in [0.717, 1.165) is 5.57 Å². The molecular weight excluding hydrogens is 238 g/mol. The molecule has 0 aliphatic carbocycles. The van der Waals surface area contributed by atoms with Crippen LogP contribution in [0.25, 0.3) is 0 Å². The fourth-order valence-electron chi connectivity index (χ4n) is 1.22. The van der Waals surface area contributed by atoms with Gasteiger partial charge in [0.05, 0.1) is 23.8 Å². The standard InChI is InChI=1S/C13H16ClNO2/c1-10(2)9-17-8-7-15-13(16)11-5-3-4-6-12(11)14/h3-6H,1,7-9H2,2H3,(H,15,16). The molecule has 17 heavy (non-hydrogen) atoms. The van der Waals surface area contributed by atoms with Gasteiger partial charge in [-0.05, 0) is 19.1 Å². The zero-order chi connectivity index (χ0) is 12.7. The molecule has 1 aromatic carbocycles. The molecule has 0 radical (unpaired) electrons. The van der Waals surface area contributed by atoms with Gasteiger partial charge in [0.2, 0.25) is 0 Å². The fraction of sp³-hybridized carbons (Fsp3) is 0.308. The molecule has 0 heterocycles. The molecule has 0 bridgehead atoms. The quantitative estimate of drug-likeness (QED) is 0.625. The van der Waals surface area contributed by atoms with E-state index in [-0.39, 0.29) is 5.91 Å². The van der Waals surface area contributed by atoms with E-state index in [9.17, 15) is 4.79 Å². The fourth-order valence-corrected chi connectivity index (χ4v) is 1.45. The molecule has 92 valence electrons. The van der Waals surface area contributed by atoms with Crippen LogP contribution in [0, 0.1) is 0 Å². The predicted octanol–water partition coefficient (Wildman–Crippen LogP) is 2.66. The largest absolute Gasteiger partial charge is 0.375 e. The monoisotopic (exact) mass is 253 g/mol. The van der Waals surface area contributed by atoms with Crippen molar-refractivity contribution in [1.29, 1.82) is 0 Å². The first kappa shape index (κ1) is 13.7. The van der Waals surface area contributed by atoms with E-state index in [1.807, 2.05) is 6.92 Å². The van der Waals surface area contributed by atoms with Crippen LogP contribution in [-0.4, -0.2) is 25.7 Å². The summed E-state index contributed by atoms with van der Waals surface area (Å²) in [6, 6.07) is 6.94. The van der Waals surface area contributed by atoms with Gasteiger partial charge in [-0.15, -0.1) is 0 Å². The second-order valence-corrected chi connectivity index (χ2v) is 4.15. The Morgan fingerprint density at radius 1 is 1.47 bits per heavy atom. The first-order valence-electron chi connectivity index (χ1n) is 5.36. The molecule has 0 saturated carbocycles. The minimum Gasteiger partial charge on any atom is -0.375 e. The summed E-state index contributed by atoms with van der Waals surface area (Å²) in [6.45, 7) is 7.04. The molecule has 0 aliphatic heterocycles. The van der Waals surface area contributed by atoms with Gasteiger partial charge >= 0.3 is 0 Å². The van der Waals surface area contributed by atoms with Crippen molar-refractivity contribution in [3.8, 4) is 0 Å². The van der Waals surface area contributed by atoms with Gasteiger partial charge in [0.1, 0.15) is 0 Å². The van der Waals surface area contributed by atoms with E-state index in [1.165, 1.54) is 0 Å². The van der Waals surface area contributed by atoms with Crippen LogP contribution in [0.4, 0.5) is 0 Å². The number of benzene rings is 1. The second kappa shape index (κ2) is 7.09. The zero-order valence-electron chi connectivity index (χ0n) is 9.83. The van der Waals surface area contributed by atoms with Crippen LogP contribution in [-0.2, 0) is 4.74 Å². The molecule has 0 unspecified atom stereocenters. The van der Waals surface area contributed by atoms with E-state index in [2.05, 4.69) is 11.9 Å². The third kappa shape index (κ3) is 5.02. The third-order valence-electron chi connectivity index (χ3n) is 2.00. The first-order chi connectivity index (χ1) is 8.11. The number of amides is 1. The van der Waals surface area contributed by atoms with Crippen LogP contribution in [0.3, 0.4) is 0 Å². The summed E-state index contributed by atoms with van der Waals surface area (Å²) in [5.41, 5.74) is 1.44. The highest BCUT2D eigenvalue weighted by Gasteiger charge is 2.07. The van der Waals surface area contributed by atoms with Gasteiger partial charge in [-0.2, -0.15) is 0 Å². The van der Waals surface area contributed by atoms with Gasteiger partial charge in [0, 0.05) is 6.54 Å². The Morgan fingerprint density at radius 3 is 2.82 bits per heavy atom. The predicted molar refractivity (Wildman–Crippen MR) is 69.4 cm³/mol. The van der Waals surface area contributed by atoms with E-state index in [4.69, 9.17) is 16.3 Å². The maximum atomic E-state index is 11.7. The number of ether oxygens (including phenoxy) is 1. The van der Waals surface area contributed by atoms with E-state index in [1.54, 1.807) is 24.3 Å². The van der Waals surface area contributed by atoms with Gasteiger partial charge in [-0.25, -0.2) is 0 Å². The Bertz CT molecular complexity index is 404. The summed E-state index contributed by atoms with van der Waals surface area (Å²) >= 11 is 5.90. The lowest BCUT2D eigenvalue weighted by Crippen LogP contribution is -2.27. The van der Waals surface area contributed by atoms with Crippen molar-refractivity contribution in [2.24, 2.45) is 0 Å². The number of hydrogen-bond donors (Lipinski definition) is 1. The summed E-state index contributed by atoms with van der Waals surface area (Å²) in [7, 11) is 0. The highest BCUT2D eigenvalue weighted by molar-refractivity contribution is 6.33. The molecule has 1 rings (SSSR count). The molecule has 0 aromatic heterocycles. The molecule has 1 amide bonds. The van der Waals surface area contributed by atoms with Gasteiger partial charge < -0.3 is 10.1 Å². The molecule has 1 aromatic rings. The molecular formula is C13H16ClNO2. The third-order valence-corrected chi connectivity index (χ3v) is 2.33. The van der Waals surface area contributed by atoms with Crippen molar-refractivity contribution in [2.45, 2.75) is 6.92 Å². The summed E-state index contributed by atoms with van der Waals surface area (Å²) in [5, 5.41) is 3.19. The van der Waals surface area contributed by atoms with Crippen LogP contribution < -0.4 is 5.32 Å². The second-order valence-electron chi connectivity index (χ2n) is 3.75. The molecule has 0 atom stereocenters. The SMILES string of the molecule is C=C(C)COCCNC(=O)c1ccccc1Cl. The van der Waals surface area contributed by atoms with Crippen molar-refractivity contribution >= 4 is 17.5 Å². The molecule has 3 nitrogen and oxygen atoms in total. The Kier molecular flexibility index (Phi) is 5.73. The Morgan fingerprint density at radius 2 is 2.18 bits per heavy atom. The first-order valence-corrected chi connectivity index (χ1v) is 5.74. The number of rotatable bonds is 6. The summed E-state index contributed by atoms with van der Waals surface area (Å²) in [6.07, 6.45) is 0. The molecule has 0 spiro atoms. The molecule has 0 fully saturated rings. The van der Waals surface area contributed by atoms with E-state index >= 15 is 0 Å². The summed E-state index contributed by atoms with van der Waals surface area (Å²) in [4.78, 5) is 11.7. The van der Waals surface area contributed by atoms with Gasteiger partial charge in [-0.3, -0.25) is 4.79 Å². The lowest BCUT2D eigenvalue weighted by Gasteiger charge is -2.07. The van der Waals surface area contributed by atoms with Crippen LogP contribution in [0.15, 0.2) is 36.4 Å². The minimum absolute atomic E-state index is 0.186. The van der Waals surface area contributed by atoms with Crippen molar-refractivity contribution < 1.29 is 9.53 Å². The topological polar surface area (TPSA) is 38.3 Å². The normalized spacial score (nSPS) is 10.0. The van der Waals surface area contributed by atoms with Gasteiger partial charge in [0.25, 0.3) is 5.91 Å². The number of carbonyl (C=O) groups is 1. The zero-order valence-corrected chi connectivity index (χ0v) is 10.6. The lowest BCUT2D eigenvalue weighted by atomic mass is 10.2. The molecule has 4 heteroatoms. The van der Waals surface area contributed by atoms with E-state index < -0.39 is 0 Å². The maximum Gasteiger partial charge on any atom is 0.252 e. The number of carbonyl (C=O) groups excluding carboxylic acids is 1. The number of nitrogens with one attached hydrogen (secondary N) is 1. The number of halogens is 1. The lowest BCUT2D eigenvalue weighted by molar-refractivity contribution is 0.0927. The minimum atomic E-state index is -0.186.